The molecule has 0 rings (SSSR count). The van der Waals surface area contributed by atoms with Crippen LogP contribution in [0, 0.1) is 5.41 Å². The molecular weight excluding hydrogens is 132 g/mol. The zero-order valence-corrected chi connectivity index (χ0v) is 4.77. The fourth-order valence-electron chi connectivity index (χ4n) is 0.197. The summed E-state index contributed by atoms with van der Waals surface area (Å²) in [5.41, 5.74) is 4.62. The van der Waals surface area contributed by atoms with Gasteiger partial charge in [-0.2, -0.15) is 8.42 Å². The van der Waals surface area contributed by atoms with Crippen molar-refractivity contribution in [2.75, 3.05) is 5.75 Å². The van der Waals surface area contributed by atoms with Gasteiger partial charge in [-0.25, -0.2) is 0 Å². The van der Waals surface area contributed by atoms with Crippen LogP contribution in [0.25, 0.3) is 0 Å². The van der Waals surface area contributed by atoms with Gasteiger partial charge in [-0.15, -0.1) is 0 Å². The molecular formula is C2H6N2O3S. The summed E-state index contributed by atoms with van der Waals surface area (Å²) in [6, 6.07) is 0. The minimum absolute atomic E-state index is 0.562. The van der Waals surface area contributed by atoms with Crippen molar-refractivity contribution in [1.29, 1.82) is 5.41 Å². The fraction of sp³-hybridized carbons (Fsp3) is 0.500. The summed E-state index contributed by atoms with van der Waals surface area (Å²) in [5.74, 6) is -1.35. The molecule has 48 valence electrons. The van der Waals surface area contributed by atoms with Gasteiger partial charge in [-0.05, 0) is 0 Å². The lowest BCUT2D eigenvalue weighted by Crippen LogP contribution is -2.21. The molecule has 5 nitrogen and oxygen atoms in total. The maximum Gasteiger partial charge on any atom is 0.272 e. The van der Waals surface area contributed by atoms with Gasteiger partial charge >= 0.3 is 0 Å². The minimum Gasteiger partial charge on any atom is -0.387 e. The average Bonchev–Trinajstić information content (AvgIpc) is 1.21. The molecule has 0 saturated heterocycles. The highest BCUT2D eigenvalue weighted by Crippen LogP contribution is 1.77. The van der Waals surface area contributed by atoms with Crippen LogP contribution in [0.3, 0.4) is 0 Å². The molecule has 0 bridgehead atoms. The van der Waals surface area contributed by atoms with Gasteiger partial charge < -0.3 is 5.73 Å². The van der Waals surface area contributed by atoms with Crippen molar-refractivity contribution in [2.45, 2.75) is 0 Å². The number of hydrogen-bond donors (Lipinski definition) is 3. The highest BCUT2D eigenvalue weighted by molar-refractivity contribution is 7.86. The first kappa shape index (κ1) is 7.38. The number of nitrogens with two attached hydrogens (primary N) is 1. The Bertz CT molecular complexity index is 181. The van der Waals surface area contributed by atoms with E-state index in [1.54, 1.807) is 0 Å². The predicted octanol–water partition coefficient (Wildman–Crippen LogP) is -1.19. The van der Waals surface area contributed by atoms with E-state index in [2.05, 4.69) is 5.73 Å². The Balaban J connectivity index is 3.95. The summed E-state index contributed by atoms with van der Waals surface area (Å²) < 4.78 is 27.5. The topological polar surface area (TPSA) is 104 Å². The normalized spacial score (nSPS) is 11.1. The fourth-order valence-corrected chi connectivity index (χ4v) is 0.590. The molecule has 0 spiro atoms. The molecule has 0 aromatic heterocycles. The predicted molar refractivity (Wildman–Crippen MR) is 28.3 cm³/mol. The van der Waals surface area contributed by atoms with Crippen molar-refractivity contribution in [3.63, 3.8) is 0 Å². The molecule has 4 N–H and O–H groups in total. The van der Waals surface area contributed by atoms with Crippen molar-refractivity contribution in [3.05, 3.63) is 0 Å². The van der Waals surface area contributed by atoms with Gasteiger partial charge in [0.15, 0.2) is 0 Å². The van der Waals surface area contributed by atoms with E-state index < -0.39 is 21.7 Å². The molecule has 0 aromatic carbocycles. The third-order valence-corrected chi connectivity index (χ3v) is 1.01. The highest BCUT2D eigenvalue weighted by Gasteiger charge is 2.04. The Morgan fingerprint density at radius 1 is 1.75 bits per heavy atom. The van der Waals surface area contributed by atoms with Gasteiger partial charge in [-0.3, -0.25) is 9.96 Å². The van der Waals surface area contributed by atoms with Gasteiger partial charge in [0.2, 0.25) is 0 Å². The summed E-state index contributed by atoms with van der Waals surface area (Å²) in [7, 11) is -4.07. The monoisotopic (exact) mass is 138 g/mol. The van der Waals surface area contributed by atoms with E-state index in [-0.39, 0.29) is 0 Å². The van der Waals surface area contributed by atoms with Crippen molar-refractivity contribution < 1.29 is 13.0 Å². The van der Waals surface area contributed by atoms with Crippen LogP contribution in [0.1, 0.15) is 0 Å². The van der Waals surface area contributed by atoms with Crippen LogP contribution in [0.4, 0.5) is 0 Å². The van der Waals surface area contributed by atoms with Gasteiger partial charge in [0.25, 0.3) is 10.1 Å². The van der Waals surface area contributed by atoms with E-state index in [4.69, 9.17) is 9.96 Å². The highest BCUT2D eigenvalue weighted by atomic mass is 32.2. The zero-order valence-electron chi connectivity index (χ0n) is 3.96. The molecule has 0 radical (unpaired) electrons. The van der Waals surface area contributed by atoms with E-state index in [0.29, 0.717) is 0 Å². The lowest BCUT2D eigenvalue weighted by molar-refractivity contribution is 0.487. The standard InChI is InChI=1S/C2H6N2O3S/c3-2(4)1-8(5,6)7/h1H2,(H3,3,4)(H,5,6,7). The van der Waals surface area contributed by atoms with Crippen molar-refractivity contribution >= 4 is 16.0 Å². The molecule has 0 saturated carbocycles. The number of nitrogens with one attached hydrogen (secondary N) is 1. The van der Waals surface area contributed by atoms with Crippen molar-refractivity contribution in [2.24, 2.45) is 5.73 Å². The van der Waals surface area contributed by atoms with E-state index in [9.17, 15) is 8.42 Å². The Hall–Kier alpha value is -0.620. The van der Waals surface area contributed by atoms with E-state index in [1.807, 2.05) is 0 Å². The summed E-state index contributed by atoms with van der Waals surface area (Å²) >= 11 is 0. The van der Waals surface area contributed by atoms with Crippen LogP contribution >= 0.6 is 0 Å². The van der Waals surface area contributed by atoms with E-state index in [0.717, 1.165) is 0 Å². The number of rotatable bonds is 2. The molecule has 0 aliphatic carbocycles. The molecule has 0 aliphatic heterocycles. The van der Waals surface area contributed by atoms with Crippen molar-refractivity contribution in [1.82, 2.24) is 0 Å². The van der Waals surface area contributed by atoms with Gasteiger partial charge in [0, 0.05) is 0 Å². The summed E-state index contributed by atoms with van der Waals surface area (Å²) in [6.07, 6.45) is 0. The Labute approximate surface area is 46.8 Å². The van der Waals surface area contributed by atoms with Crippen LogP contribution in [0.15, 0.2) is 0 Å². The first-order valence-corrected chi connectivity index (χ1v) is 3.31. The second kappa shape index (κ2) is 2.10. The van der Waals surface area contributed by atoms with Gasteiger partial charge in [0.1, 0.15) is 11.6 Å². The SMILES string of the molecule is N=C(N)CS(=O)(=O)O. The smallest absolute Gasteiger partial charge is 0.272 e. The third-order valence-electron chi connectivity index (χ3n) is 0.338. The summed E-state index contributed by atoms with van der Waals surface area (Å²) in [6.45, 7) is 0. The maximum atomic E-state index is 9.78. The van der Waals surface area contributed by atoms with Crippen LogP contribution in [-0.4, -0.2) is 24.6 Å². The van der Waals surface area contributed by atoms with E-state index >= 15 is 0 Å². The van der Waals surface area contributed by atoms with Crippen LogP contribution < -0.4 is 5.73 Å². The molecule has 8 heavy (non-hydrogen) atoms. The Morgan fingerprint density at radius 3 is 2.12 bits per heavy atom. The molecule has 0 heterocycles. The largest absolute Gasteiger partial charge is 0.387 e. The first-order chi connectivity index (χ1) is 3.42. The van der Waals surface area contributed by atoms with Crippen LogP contribution in [-0.2, 0) is 10.1 Å². The molecule has 0 aliphatic rings. The Kier molecular flexibility index (Phi) is 1.94. The summed E-state index contributed by atoms with van der Waals surface area (Å²) in [4.78, 5) is 0. The van der Waals surface area contributed by atoms with Crippen LogP contribution in [0.2, 0.25) is 0 Å². The third kappa shape index (κ3) is 5.38. The first-order valence-electron chi connectivity index (χ1n) is 1.70. The molecule has 6 heteroatoms. The second-order valence-electron chi connectivity index (χ2n) is 1.25. The molecule has 0 aromatic rings. The Morgan fingerprint density at radius 2 is 2.12 bits per heavy atom. The quantitative estimate of drug-likeness (QED) is 0.253. The van der Waals surface area contributed by atoms with Gasteiger partial charge in [0.05, 0.1) is 0 Å². The maximum absolute atomic E-state index is 9.78. The number of amidine groups is 1. The van der Waals surface area contributed by atoms with E-state index in [1.165, 1.54) is 0 Å². The number of hydrogen-bond acceptors (Lipinski definition) is 3. The van der Waals surface area contributed by atoms with Gasteiger partial charge in [-0.1, -0.05) is 0 Å². The van der Waals surface area contributed by atoms with Crippen LogP contribution in [0.5, 0.6) is 0 Å². The lowest BCUT2D eigenvalue weighted by atomic mass is 10.7. The minimum atomic E-state index is -4.07. The average molecular weight is 138 g/mol. The molecule has 0 amide bonds. The zero-order chi connectivity index (χ0) is 6.78. The molecule has 0 fully saturated rings. The molecule has 0 unspecified atom stereocenters. The van der Waals surface area contributed by atoms with Crippen molar-refractivity contribution in [3.8, 4) is 0 Å². The molecule has 0 atom stereocenters. The lowest BCUT2D eigenvalue weighted by Gasteiger charge is -1.89. The summed E-state index contributed by atoms with van der Waals surface area (Å²) in [5, 5.41) is 6.39. The second-order valence-corrected chi connectivity index (χ2v) is 2.70.